The van der Waals surface area contributed by atoms with Gasteiger partial charge in [0.1, 0.15) is 6.54 Å². The highest BCUT2D eigenvalue weighted by Crippen LogP contribution is 2.20. The van der Waals surface area contributed by atoms with Gasteiger partial charge in [-0.05, 0) is 24.1 Å². The van der Waals surface area contributed by atoms with Gasteiger partial charge in [-0.15, -0.1) is 0 Å². The van der Waals surface area contributed by atoms with Gasteiger partial charge in [0.25, 0.3) is 11.8 Å². The Hall–Kier alpha value is -2.32. The van der Waals surface area contributed by atoms with E-state index >= 15 is 0 Å². The van der Waals surface area contributed by atoms with Crippen LogP contribution in [-0.4, -0.2) is 36.5 Å². The van der Waals surface area contributed by atoms with Crippen molar-refractivity contribution in [2.45, 2.75) is 20.0 Å². The number of carbonyl (C=O) groups is 4. The van der Waals surface area contributed by atoms with Crippen molar-refractivity contribution in [2.75, 3.05) is 6.54 Å². The monoisotopic (exact) mass is 389 g/mol. The summed E-state index contributed by atoms with van der Waals surface area (Å²) in [6.45, 7) is 2.74. The lowest BCUT2D eigenvalue weighted by molar-refractivity contribution is -0.157. The zero-order valence-electron chi connectivity index (χ0n) is 13.5. The minimum absolute atomic E-state index is 0.124. The molecule has 0 radical (unpaired) electrons. The largest absolute Gasteiger partial charge is 0.451 e. The molecule has 1 aromatic carbocycles. The van der Waals surface area contributed by atoms with Gasteiger partial charge in [0.05, 0.1) is 10.6 Å². The van der Waals surface area contributed by atoms with Crippen LogP contribution in [0.25, 0.3) is 0 Å². The highest BCUT2D eigenvalue weighted by molar-refractivity contribution is 6.36. The van der Waals surface area contributed by atoms with Crippen LogP contribution in [-0.2, 0) is 14.3 Å². The molecule has 0 heterocycles. The summed E-state index contributed by atoms with van der Waals surface area (Å²) in [6, 6.07) is 3.21. The molecule has 4 N–H and O–H groups in total. The van der Waals surface area contributed by atoms with Crippen molar-refractivity contribution in [3.63, 3.8) is 0 Å². The van der Waals surface area contributed by atoms with Crippen molar-refractivity contribution in [2.24, 2.45) is 11.7 Å². The van der Waals surface area contributed by atoms with Crippen LogP contribution in [0, 0.1) is 5.92 Å². The van der Waals surface area contributed by atoms with Gasteiger partial charge in [0.2, 0.25) is 0 Å². The summed E-state index contributed by atoms with van der Waals surface area (Å²) in [4.78, 5) is 46.3. The minimum atomic E-state index is -1.23. The number of benzene rings is 1. The van der Waals surface area contributed by atoms with E-state index in [1.807, 2.05) is 5.32 Å². The Bertz CT molecular complexity index is 694. The maximum Gasteiger partial charge on any atom is 0.326 e. The number of primary amides is 1. The van der Waals surface area contributed by atoms with Crippen LogP contribution in [0.4, 0.5) is 4.79 Å². The maximum atomic E-state index is 12.0. The van der Waals surface area contributed by atoms with Gasteiger partial charge in [-0.25, -0.2) is 4.79 Å². The summed E-state index contributed by atoms with van der Waals surface area (Å²) in [5, 5.41) is 4.64. The lowest BCUT2D eigenvalue weighted by Gasteiger charge is -2.20. The number of carbonyl (C=O) groups excluding carboxylic acids is 4. The fourth-order valence-corrected chi connectivity index (χ4v) is 2.28. The third kappa shape index (κ3) is 6.60. The van der Waals surface area contributed by atoms with Crippen LogP contribution in [0.2, 0.25) is 10.0 Å². The predicted octanol–water partition coefficient (Wildman–Crippen LogP) is 1.49. The molecule has 0 bridgehead atoms. The molecule has 1 aromatic rings. The van der Waals surface area contributed by atoms with Gasteiger partial charge < -0.3 is 15.8 Å². The first-order valence-electron chi connectivity index (χ1n) is 7.14. The Morgan fingerprint density at radius 1 is 1.20 bits per heavy atom. The number of nitrogens with one attached hydrogen (secondary N) is 2. The molecule has 1 rings (SSSR count). The lowest BCUT2D eigenvalue weighted by Crippen LogP contribution is -2.46. The van der Waals surface area contributed by atoms with E-state index in [9.17, 15) is 19.2 Å². The van der Waals surface area contributed by atoms with Crippen molar-refractivity contribution < 1.29 is 23.9 Å². The van der Waals surface area contributed by atoms with Crippen LogP contribution in [0.15, 0.2) is 18.2 Å². The van der Waals surface area contributed by atoms with Gasteiger partial charge in [0.15, 0.2) is 6.10 Å². The zero-order valence-corrected chi connectivity index (χ0v) is 15.0. The molecule has 0 fully saturated rings. The van der Waals surface area contributed by atoms with Crippen molar-refractivity contribution in [1.82, 2.24) is 10.6 Å². The first-order chi connectivity index (χ1) is 11.6. The normalized spacial score (nSPS) is 11.6. The number of hydrogen-bond acceptors (Lipinski definition) is 5. The SMILES string of the molecule is CC(C)C(OC(=O)CNC(=O)c1ccc(Cl)cc1Cl)C(=O)NC(N)=O. The highest BCUT2D eigenvalue weighted by atomic mass is 35.5. The fraction of sp³-hybridized carbons (Fsp3) is 0.333. The number of imide groups is 1. The molecule has 8 nitrogen and oxygen atoms in total. The molecule has 1 atom stereocenters. The van der Waals surface area contributed by atoms with Crippen LogP contribution >= 0.6 is 23.2 Å². The number of rotatable bonds is 6. The second-order valence-corrected chi connectivity index (χ2v) is 6.16. The van der Waals surface area contributed by atoms with Crippen LogP contribution < -0.4 is 16.4 Å². The Morgan fingerprint density at radius 3 is 2.36 bits per heavy atom. The Kier molecular flexibility index (Phi) is 7.66. The number of hydrogen-bond donors (Lipinski definition) is 3. The molecular formula is C15H17Cl2N3O5. The molecule has 136 valence electrons. The zero-order chi connectivity index (χ0) is 19.1. The predicted molar refractivity (Wildman–Crippen MR) is 91.2 cm³/mol. The van der Waals surface area contributed by atoms with E-state index in [1.165, 1.54) is 18.2 Å². The Morgan fingerprint density at radius 2 is 1.84 bits per heavy atom. The summed E-state index contributed by atoms with van der Waals surface area (Å²) in [6.07, 6.45) is -1.23. The number of nitrogens with two attached hydrogens (primary N) is 1. The van der Waals surface area contributed by atoms with Crippen molar-refractivity contribution in [1.29, 1.82) is 0 Å². The first-order valence-corrected chi connectivity index (χ1v) is 7.90. The van der Waals surface area contributed by atoms with Crippen LogP contribution in [0.3, 0.4) is 0 Å². The van der Waals surface area contributed by atoms with Crippen LogP contribution in [0.5, 0.6) is 0 Å². The average Bonchev–Trinajstić information content (AvgIpc) is 2.49. The molecular weight excluding hydrogens is 373 g/mol. The van der Waals surface area contributed by atoms with E-state index in [0.29, 0.717) is 5.02 Å². The van der Waals surface area contributed by atoms with E-state index in [2.05, 4.69) is 5.32 Å². The van der Waals surface area contributed by atoms with E-state index in [0.717, 1.165) is 0 Å². The average molecular weight is 390 g/mol. The van der Waals surface area contributed by atoms with Crippen molar-refractivity contribution >= 4 is 47.0 Å². The number of amides is 4. The molecule has 0 aliphatic heterocycles. The van der Waals surface area contributed by atoms with E-state index in [1.54, 1.807) is 13.8 Å². The number of ether oxygens (including phenoxy) is 1. The second kappa shape index (κ2) is 9.24. The van der Waals surface area contributed by atoms with Crippen molar-refractivity contribution in [3.8, 4) is 0 Å². The molecule has 0 saturated carbocycles. The van der Waals surface area contributed by atoms with Gasteiger partial charge in [0, 0.05) is 5.02 Å². The summed E-state index contributed by atoms with van der Waals surface area (Å²) < 4.78 is 4.98. The molecule has 0 spiro atoms. The quantitative estimate of drug-likeness (QED) is 0.634. The molecule has 25 heavy (non-hydrogen) atoms. The molecule has 10 heteroatoms. The summed E-state index contributed by atoms with van der Waals surface area (Å²) in [7, 11) is 0. The van der Waals surface area contributed by atoms with Gasteiger partial charge >= 0.3 is 12.0 Å². The topological polar surface area (TPSA) is 128 Å². The molecule has 1 unspecified atom stereocenters. The van der Waals surface area contributed by atoms with E-state index in [-0.39, 0.29) is 10.6 Å². The van der Waals surface area contributed by atoms with Crippen LogP contribution in [0.1, 0.15) is 24.2 Å². The Balaban J connectivity index is 2.64. The number of halogens is 2. The lowest BCUT2D eigenvalue weighted by atomic mass is 10.1. The molecule has 4 amide bonds. The van der Waals surface area contributed by atoms with E-state index in [4.69, 9.17) is 33.7 Å². The van der Waals surface area contributed by atoms with Crippen molar-refractivity contribution in [3.05, 3.63) is 33.8 Å². The summed E-state index contributed by atoms with van der Waals surface area (Å²) in [5.41, 5.74) is 4.99. The smallest absolute Gasteiger partial charge is 0.326 e. The maximum absolute atomic E-state index is 12.0. The first kappa shape index (κ1) is 20.7. The van der Waals surface area contributed by atoms with Gasteiger partial charge in [-0.3, -0.25) is 19.7 Å². The molecule has 0 saturated heterocycles. The van der Waals surface area contributed by atoms with E-state index < -0.39 is 42.4 Å². The third-order valence-corrected chi connectivity index (χ3v) is 3.49. The van der Waals surface area contributed by atoms with Gasteiger partial charge in [-0.1, -0.05) is 37.0 Å². The fourth-order valence-electron chi connectivity index (χ4n) is 1.79. The summed E-state index contributed by atoms with van der Waals surface area (Å²) >= 11 is 11.6. The second-order valence-electron chi connectivity index (χ2n) is 5.31. The van der Waals surface area contributed by atoms with Gasteiger partial charge in [-0.2, -0.15) is 0 Å². The minimum Gasteiger partial charge on any atom is -0.451 e. The molecule has 0 aromatic heterocycles. The molecule has 0 aliphatic carbocycles. The standard InChI is InChI=1S/C15H17Cl2N3O5/c1-7(2)12(14(23)20-15(18)24)25-11(21)6-19-13(22)9-4-3-8(16)5-10(9)17/h3-5,7,12H,6H2,1-2H3,(H,19,22)(H3,18,20,23,24). The highest BCUT2D eigenvalue weighted by Gasteiger charge is 2.27. The number of esters is 1. The molecule has 0 aliphatic rings. The summed E-state index contributed by atoms with van der Waals surface area (Å²) in [5.74, 6) is -2.73. The number of urea groups is 1. The third-order valence-electron chi connectivity index (χ3n) is 2.94. The Labute approximate surface area is 154 Å².